The molecule has 0 rings (SSSR count). The molecule has 6 heteroatoms. The van der Waals surface area contributed by atoms with Crippen LogP contribution in [0, 0.1) is 0 Å². The van der Waals surface area contributed by atoms with E-state index in [4.69, 9.17) is 18.9 Å². The Bertz CT molecular complexity index is 269. The summed E-state index contributed by atoms with van der Waals surface area (Å²) < 4.78 is 20.0. The molecule has 0 aliphatic heterocycles. The van der Waals surface area contributed by atoms with Crippen molar-refractivity contribution >= 4 is 11.9 Å². The Balaban J connectivity index is 3.52. The van der Waals surface area contributed by atoms with Gasteiger partial charge in [-0.1, -0.05) is 0 Å². The number of hydrogen-bond donors (Lipinski definition) is 0. The first kappa shape index (κ1) is 17.9. The molecule has 0 fully saturated rings. The van der Waals surface area contributed by atoms with Gasteiger partial charge in [0.05, 0.1) is 19.8 Å². The molecule has 0 saturated carbocycles. The van der Waals surface area contributed by atoms with E-state index in [2.05, 4.69) is 0 Å². The maximum atomic E-state index is 11.3. The van der Waals surface area contributed by atoms with Crippen LogP contribution in [0.5, 0.6) is 0 Å². The third-order valence-electron chi connectivity index (χ3n) is 1.78. The minimum Gasteiger partial charge on any atom is -0.463 e. The van der Waals surface area contributed by atoms with Crippen LogP contribution in [-0.2, 0) is 28.5 Å². The molecule has 6 nitrogen and oxygen atoms in total. The summed E-state index contributed by atoms with van der Waals surface area (Å²) >= 11 is 0. The highest BCUT2D eigenvalue weighted by molar-refractivity contribution is 5.91. The second-order valence-corrected chi connectivity index (χ2v) is 4.79. The van der Waals surface area contributed by atoms with Crippen molar-refractivity contribution < 1.29 is 28.5 Å². The summed E-state index contributed by atoms with van der Waals surface area (Å²) in [5, 5.41) is 0. The highest BCUT2D eigenvalue weighted by Gasteiger charge is 2.19. The minimum atomic E-state index is -0.609. The molecule has 0 aromatic heterocycles. The van der Waals surface area contributed by atoms with E-state index >= 15 is 0 Å². The van der Waals surface area contributed by atoms with Gasteiger partial charge < -0.3 is 18.9 Å². The summed E-state index contributed by atoms with van der Waals surface area (Å²) in [4.78, 5) is 22.6. The van der Waals surface area contributed by atoms with Gasteiger partial charge in [-0.2, -0.15) is 0 Å². The Morgan fingerprint density at radius 2 is 1.47 bits per heavy atom. The second kappa shape index (κ2) is 9.75. The van der Waals surface area contributed by atoms with Gasteiger partial charge in [-0.15, -0.1) is 0 Å². The molecule has 0 aromatic carbocycles. The van der Waals surface area contributed by atoms with E-state index in [1.165, 1.54) is 0 Å². The Hall–Kier alpha value is -1.14. The van der Waals surface area contributed by atoms with Crippen LogP contribution in [-0.4, -0.2) is 50.6 Å². The molecule has 0 bridgehead atoms. The highest BCUT2D eigenvalue weighted by Crippen LogP contribution is 2.08. The number of rotatable bonds is 9. The molecular formula is C13H24O6. The normalized spacial score (nSPS) is 11.2. The number of carbonyl (C=O) groups is 2. The summed E-state index contributed by atoms with van der Waals surface area (Å²) in [6.07, 6.45) is -0.379. The Labute approximate surface area is 114 Å². The molecule has 0 unspecified atom stereocenters. The van der Waals surface area contributed by atoms with E-state index in [9.17, 15) is 9.59 Å². The topological polar surface area (TPSA) is 71.1 Å². The lowest BCUT2D eigenvalue weighted by molar-refractivity contribution is -0.162. The lowest BCUT2D eigenvalue weighted by Crippen LogP contribution is -2.26. The van der Waals surface area contributed by atoms with Crippen molar-refractivity contribution in [1.29, 1.82) is 0 Å². The van der Waals surface area contributed by atoms with Crippen LogP contribution in [0.25, 0.3) is 0 Å². The monoisotopic (exact) mass is 276 g/mol. The van der Waals surface area contributed by atoms with Crippen molar-refractivity contribution in [3.63, 3.8) is 0 Å². The zero-order valence-corrected chi connectivity index (χ0v) is 12.2. The summed E-state index contributed by atoms with van der Waals surface area (Å²) in [6, 6.07) is 0. The predicted molar refractivity (Wildman–Crippen MR) is 68.7 cm³/mol. The fourth-order valence-corrected chi connectivity index (χ4v) is 1.13. The highest BCUT2D eigenvalue weighted by atomic mass is 16.6. The van der Waals surface area contributed by atoms with E-state index in [0.29, 0.717) is 19.8 Å². The van der Waals surface area contributed by atoms with Crippen molar-refractivity contribution in [3.05, 3.63) is 0 Å². The third-order valence-corrected chi connectivity index (χ3v) is 1.78. The maximum absolute atomic E-state index is 11.3. The molecular weight excluding hydrogens is 252 g/mol. The van der Waals surface area contributed by atoms with Crippen molar-refractivity contribution in [3.8, 4) is 0 Å². The average molecular weight is 276 g/mol. The first-order chi connectivity index (χ1) is 8.85. The van der Waals surface area contributed by atoms with Gasteiger partial charge in [-0.25, -0.2) is 0 Å². The number of carbonyl (C=O) groups excluding carboxylic acids is 2. The average Bonchev–Trinajstić information content (AvgIpc) is 2.25. The molecule has 19 heavy (non-hydrogen) atoms. The van der Waals surface area contributed by atoms with Gasteiger partial charge in [0.25, 0.3) is 0 Å². The van der Waals surface area contributed by atoms with Crippen molar-refractivity contribution in [1.82, 2.24) is 0 Å². The van der Waals surface area contributed by atoms with E-state index in [1.807, 2.05) is 6.92 Å². The van der Waals surface area contributed by atoms with Crippen molar-refractivity contribution in [2.45, 2.75) is 39.7 Å². The summed E-state index contributed by atoms with van der Waals surface area (Å²) in [7, 11) is 0. The molecule has 0 heterocycles. The molecule has 0 saturated heterocycles. The van der Waals surface area contributed by atoms with Crippen LogP contribution in [0.3, 0.4) is 0 Å². The van der Waals surface area contributed by atoms with E-state index in [1.54, 1.807) is 20.8 Å². The number of ether oxygens (including phenoxy) is 4. The fourth-order valence-electron chi connectivity index (χ4n) is 1.13. The largest absolute Gasteiger partial charge is 0.463 e. The van der Waals surface area contributed by atoms with Crippen molar-refractivity contribution in [2.75, 3.05) is 33.0 Å². The molecule has 0 aliphatic rings. The Morgan fingerprint density at radius 1 is 0.895 bits per heavy atom. The first-order valence-electron chi connectivity index (χ1n) is 6.38. The first-order valence-corrected chi connectivity index (χ1v) is 6.38. The quantitative estimate of drug-likeness (QED) is 0.359. The number of esters is 2. The van der Waals surface area contributed by atoms with Gasteiger partial charge in [-0.05, 0) is 27.7 Å². The van der Waals surface area contributed by atoms with Crippen LogP contribution < -0.4 is 0 Å². The third kappa shape index (κ3) is 13.1. The van der Waals surface area contributed by atoms with Crippen LogP contribution >= 0.6 is 0 Å². The van der Waals surface area contributed by atoms with Gasteiger partial charge in [0.2, 0.25) is 0 Å². The molecule has 0 N–H and O–H groups in total. The fraction of sp³-hybridized carbons (Fsp3) is 0.846. The summed E-state index contributed by atoms with van der Waals surface area (Å²) in [5.74, 6) is -1.20. The van der Waals surface area contributed by atoms with Crippen LogP contribution in [0.15, 0.2) is 0 Å². The van der Waals surface area contributed by atoms with E-state index in [0.717, 1.165) is 0 Å². The SMILES string of the molecule is CCOCCOCCOC(=O)CC(=O)OC(C)(C)C. The van der Waals surface area contributed by atoms with Gasteiger partial charge in [0.1, 0.15) is 18.6 Å². The smallest absolute Gasteiger partial charge is 0.317 e. The molecule has 0 amide bonds. The molecule has 0 atom stereocenters. The molecule has 0 aromatic rings. The van der Waals surface area contributed by atoms with Gasteiger partial charge in [0, 0.05) is 6.61 Å². The zero-order chi connectivity index (χ0) is 14.7. The van der Waals surface area contributed by atoms with Gasteiger partial charge >= 0.3 is 11.9 Å². The Morgan fingerprint density at radius 3 is 2.05 bits per heavy atom. The molecule has 0 radical (unpaired) electrons. The standard InChI is InChI=1S/C13H24O6/c1-5-16-6-7-17-8-9-18-11(14)10-12(15)19-13(2,3)4/h5-10H2,1-4H3. The van der Waals surface area contributed by atoms with E-state index < -0.39 is 17.5 Å². The lowest BCUT2D eigenvalue weighted by atomic mass is 10.2. The minimum absolute atomic E-state index is 0.119. The van der Waals surface area contributed by atoms with Gasteiger partial charge in [0.15, 0.2) is 0 Å². The van der Waals surface area contributed by atoms with Crippen LogP contribution in [0.4, 0.5) is 0 Å². The second-order valence-electron chi connectivity index (χ2n) is 4.79. The van der Waals surface area contributed by atoms with Gasteiger partial charge in [-0.3, -0.25) is 9.59 Å². The maximum Gasteiger partial charge on any atom is 0.317 e. The molecule has 0 aliphatic carbocycles. The summed E-state index contributed by atoms with van der Waals surface area (Å²) in [5.41, 5.74) is -0.597. The van der Waals surface area contributed by atoms with E-state index in [-0.39, 0.29) is 19.6 Å². The zero-order valence-electron chi connectivity index (χ0n) is 12.2. The van der Waals surface area contributed by atoms with Crippen LogP contribution in [0.2, 0.25) is 0 Å². The molecule has 0 spiro atoms. The van der Waals surface area contributed by atoms with Crippen LogP contribution in [0.1, 0.15) is 34.1 Å². The molecule has 112 valence electrons. The lowest BCUT2D eigenvalue weighted by Gasteiger charge is -2.19. The summed E-state index contributed by atoms with van der Waals surface area (Å²) in [6.45, 7) is 9.14. The predicted octanol–water partition coefficient (Wildman–Crippen LogP) is 1.31. The van der Waals surface area contributed by atoms with Crippen molar-refractivity contribution in [2.24, 2.45) is 0 Å². The Kier molecular flexibility index (Phi) is 9.16. The number of hydrogen-bond acceptors (Lipinski definition) is 6.